The molecule has 1 aliphatic heterocycles. The smallest absolute Gasteiger partial charge is 0.410 e. The van der Waals surface area contributed by atoms with Gasteiger partial charge < -0.3 is 29.5 Å². The minimum Gasteiger partial charge on any atom is -0.466 e. The van der Waals surface area contributed by atoms with E-state index in [9.17, 15) is 24.3 Å². The largest absolute Gasteiger partial charge is 0.466 e. The number of Topliss-reactive ketones (excluding diaryl/α,β-unsaturated/α-hetero) is 1. The van der Waals surface area contributed by atoms with Gasteiger partial charge in [-0.3, -0.25) is 9.59 Å². The van der Waals surface area contributed by atoms with Gasteiger partial charge in [-0.1, -0.05) is 26.7 Å². The molecule has 10 nitrogen and oxygen atoms in total. The third-order valence-corrected chi connectivity index (χ3v) is 6.49. The number of hydrogen-bond acceptors (Lipinski definition) is 8. The quantitative estimate of drug-likeness (QED) is 0.260. The fourth-order valence-electron chi connectivity index (χ4n) is 4.53. The lowest BCUT2D eigenvalue weighted by atomic mass is 9.77. The number of aliphatic hydroxyl groups is 1. The summed E-state index contributed by atoms with van der Waals surface area (Å²) in [4.78, 5) is 49.1. The number of esters is 1. The maximum atomic E-state index is 12.2. The minimum absolute atomic E-state index is 0.0390. The molecular formula is C29H54N2O8. The van der Waals surface area contributed by atoms with Gasteiger partial charge in [0.15, 0.2) is 0 Å². The molecule has 2 atom stereocenters. The number of hydrogen-bond donors (Lipinski definition) is 2. The number of likely N-dealkylation sites (tertiary alicyclic amines) is 1. The van der Waals surface area contributed by atoms with Crippen LogP contribution >= 0.6 is 0 Å². The van der Waals surface area contributed by atoms with Crippen molar-refractivity contribution in [2.45, 2.75) is 119 Å². The van der Waals surface area contributed by atoms with Crippen molar-refractivity contribution in [1.82, 2.24) is 10.2 Å². The van der Waals surface area contributed by atoms with E-state index >= 15 is 0 Å². The van der Waals surface area contributed by atoms with Crippen LogP contribution in [-0.2, 0) is 23.8 Å². The molecule has 0 unspecified atom stereocenters. The zero-order valence-electron chi connectivity index (χ0n) is 26.0. The van der Waals surface area contributed by atoms with E-state index in [0.29, 0.717) is 45.5 Å². The first-order valence-electron chi connectivity index (χ1n) is 14.1. The molecule has 0 aromatic heterocycles. The average molecular weight is 559 g/mol. The van der Waals surface area contributed by atoms with Crippen LogP contribution in [-0.4, -0.2) is 78.0 Å². The van der Waals surface area contributed by atoms with Crippen molar-refractivity contribution in [3.63, 3.8) is 0 Å². The Balaban J connectivity index is 0.000000742. The molecule has 0 saturated carbocycles. The van der Waals surface area contributed by atoms with E-state index in [2.05, 4.69) is 5.32 Å². The van der Waals surface area contributed by atoms with Gasteiger partial charge in [0, 0.05) is 19.6 Å². The average Bonchev–Trinajstić information content (AvgIpc) is 3.22. The standard InChI is InChI=1S/C15H27NO4.C14H27NO4/c1-6-8-15(12(17)19-7-2)9-10-16(11-15)13(18)20-14(3,4)5;1-6-7-14(10-16,11(2)17)8-9-15-12(18)19-13(3,4)5/h6-11H2,1-5H3;16H,6-10H2,1-5H3,(H,15,18)/t15-;14-/m00/s1. The third-order valence-electron chi connectivity index (χ3n) is 6.49. The van der Waals surface area contributed by atoms with Crippen molar-refractivity contribution in [3.8, 4) is 0 Å². The maximum Gasteiger partial charge on any atom is 0.410 e. The summed E-state index contributed by atoms with van der Waals surface area (Å²) >= 11 is 0. The molecule has 0 bridgehead atoms. The van der Waals surface area contributed by atoms with Crippen LogP contribution in [0.4, 0.5) is 9.59 Å². The summed E-state index contributed by atoms with van der Waals surface area (Å²) in [5, 5.41) is 12.1. The number of nitrogens with one attached hydrogen (secondary N) is 1. The second-order valence-corrected chi connectivity index (χ2v) is 12.3. The summed E-state index contributed by atoms with van der Waals surface area (Å²) in [6, 6.07) is 0. The maximum absolute atomic E-state index is 12.2. The summed E-state index contributed by atoms with van der Waals surface area (Å²) in [7, 11) is 0. The van der Waals surface area contributed by atoms with Gasteiger partial charge in [-0.2, -0.15) is 0 Å². The number of ether oxygens (including phenoxy) is 3. The zero-order chi connectivity index (χ0) is 30.5. The second kappa shape index (κ2) is 16.0. The molecule has 1 rings (SSSR count). The number of rotatable bonds is 11. The van der Waals surface area contributed by atoms with Crippen molar-refractivity contribution in [1.29, 1.82) is 0 Å². The number of ketones is 1. The van der Waals surface area contributed by atoms with Crippen LogP contribution in [0.1, 0.15) is 108 Å². The van der Waals surface area contributed by atoms with Gasteiger partial charge in [0.1, 0.15) is 17.0 Å². The van der Waals surface area contributed by atoms with Crippen LogP contribution in [0.5, 0.6) is 0 Å². The summed E-state index contributed by atoms with van der Waals surface area (Å²) < 4.78 is 15.7. The first kappa shape index (κ1) is 36.6. The lowest BCUT2D eigenvalue weighted by Gasteiger charge is -2.29. The Morgan fingerprint density at radius 2 is 1.51 bits per heavy atom. The van der Waals surface area contributed by atoms with Crippen molar-refractivity contribution in [3.05, 3.63) is 0 Å². The van der Waals surface area contributed by atoms with Crippen molar-refractivity contribution < 1.29 is 38.5 Å². The molecule has 228 valence electrons. The predicted molar refractivity (Wildman–Crippen MR) is 150 cm³/mol. The Labute approximate surface area is 235 Å². The van der Waals surface area contributed by atoms with E-state index in [1.54, 1.807) is 32.6 Å². The number of carbonyl (C=O) groups excluding carboxylic acids is 4. The monoisotopic (exact) mass is 558 g/mol. The fourth-order valence-corrected chi connectivity index (χ4v) is 4.53. The van der Waals surface area contributed by atoms with E-state index in [4.69, 9.17) is 14.2 Å². The molecule has 1 heterocycles. The molecule has 10 heteroatoms. The Hall–Kier alpha value is -2.36. The SMILES string of the molecule is CCC[C@@](CO)(CCNC(=O)OC(C)(C)C)C(C)=O.CCC[C@]1(C(=O)OCC)CCN(C(=O)OC(C)(C)C)C1. The number of carbonyl (C=O) groups is 4. The van der Waals surface area contributed by atoms with E-state index in [-0.39, 0.29) is 24.5 Å². The molecule has 0 aromatic rings. The highest BCUT2D eigenvalue weighted by atomic mass is 16.6. The van der Waals surface area contributed by atoms with E-state index < -0.39 is 28.1 Å². The summed E-state index contributed by atoms with van der Waals surface area (Å²) in [5.74, 6) is -0.226. The lowest BCUT2D eigenvalue weighted by molar-refractivity contribution is -0.155. The number of alkyl carbamates (subject to hydrolysis) is 1. The molecule has 0 aliphatic carbocycles. The second-order valence-electron chi connectivity index (χ2n) is 12.3. The van der Waals surface area contributed by atoms with Gasteiger partial charge in [-0.15, -0.1) is 0 Å². The predicted octanol–water partition coefficient (Wildman–Crippen LogP) is 5.25. The van der Waals surface area contributed by atoms with Crippen molar-refractivity contribution >= 4 is 23.9 Å². The van der Waals surface area contributed by atoms with Crippen LogP contribution in [0.25, 0.3) is 0 Å². The van der Waals surface area contributed by atoms with Crippen molar-refractivity contribution in [2.24, 2.45) is 10.8 Å². The van der Waals surface area contributed by atoms with E-state index in [0.717, 1.165) is 19.3 Å². The topological polar surface area (TPSA) is 131 Å². The molecule has 0 spiro atoms. The van der Waals surface area contributed by atoms with Gasteiger partial charge >= 0.3 is 18.2 Å². The third kappa shape index (κ3) is 13.0. The highest BCUT2D eigenvalue weighted by molar-refractivity contribution is 5.82. The fraction of sp³-hybridized carbons (Fsp3) is 0.862. The first-order chi connectivity index (χ1) is 17.9. The normalized spacial score (nSPS) is 18.8. The van der Waals surface area contributed by atoms with Gasteiger partial charge in [-0.05, 0) is 81.1 Å². The number of amides is 2. The summed E-state index contributed by atoms with van der Waals surface area (Å²) in [5.41, 5.74) is -2.36. The van der Waals surface area contributed by atoms with Gasteiger partial charge in [0.05, 0.1) is 24.0 Å². The molecule has 0 aromatic carbocycles. The Morgan fingerprint density at radius 3 is 1.95 bits per heavy atom. The van der Waals surface area contributed by atoms with Gasteiger partial charge in [0.25, 0.3) is 0 Å². The Morgan fingerprint density at radius 1 is 0.923 bits per heavy atom. The van der Waals surface area contributed by atoms with Crippen LogP contribution in [0.2, 0.25) is 0 Å². The molecule has 1 saturated heterocycles. The van der Waals surface area contributed by atoms with Crippen LogP contribution in [0.3, 0.4) is 0 Å². The Bertz CT molecular complexity index is 802. The molecular weight excluding hydrogens is 504 g/mol. The van der Waals surface area contributed by atoms with Crippen LogP contribution in [0.15, 0.2) is 0 Å². The minimum atomic E-state index is -0.746. The summed E-state index contributed by atoms with van der Waals surface area (Å²) in [6.07, 6.45) is 3.29. The molecule has 0 radical (unpaired) electrons. The molecule has 1 aliphatic rings. The molecule has 39 heavy (non-hydrogen) atoms. The number of aliphatic hydroxyl groups excluding tert-OH is 1. The van der Waals surface area contributed by atoms with Gasteiger partial charge in [0.2, 0.25) is 0 Å². The molecule has 2 amide bonds. The lowest BCUT2D eigenvalue weighted by Crippen LogP contribution is -2.40. The summed E-state index contributed by atoms with van der Waals surface area (Å²) in [6.45, 7) is 19.6. The number of nitrogens with zero attached hydrogens (tertiary/aromatic N) is 1. The van der Waals surface area contributed by atoms with Gasteiger partial charge in [-0.25, -0.2) is 9.59 Å². The Kier molecular flexibility index (Phi) is 15.1. The first-order valence-corrected chi connectivity index (χ1v) is 14.1. The zero-order valence-corrected chi connectivity index (χ0v) is 26.0. The highest BCUT2D eigenvalue weighted by Gasteiger charge is 2.47. The molecule has 2 N–H and O–H groups in total. The molecule has 1 fully saturated rings. The van der Waals surface area contributed by atoms with Crippen LogP contribution < -0.4 is 5.32 Å². The highest BCUT2D eigenvalue weighted by Crippen LogP contribution is 2.37. The van der Waals surface area contributed by atoms with E-state index in [1.807, 2.05) is 34.6 Å². The van der Waals surface area contributed by atoms with Crippen molar-refractivity contribution in [2.75, 3.05) is 32.8 Å². The van der Waals surface area contributed by atoms with E-state index in [1.165, 1.54) is 6.92 Å². The van der Waals surface area contributed by atoms with Crippen LogP contribution in [0, 0.1) is 10.8 Å².